The Kier molecular flexibility index (Phi) is 4.77. The van der Waals surface area contributed by atoms with Crippen LogP contribution >= 0.6 is 11.3 Å². The normalized spacial score (nSPS) is 10.9. The van der Waals surface area contributed by atoms with Gasteiger partial charge in [-0.05, 0) is 30.3 Å². The number of carbonyl (C=O) groups excluding carboxylic acids is 1. The first-order valence-electron chi connectivity index (χ1n) is 7.26. The van der Waals surface area contributed by atoms with Crippen LogP contribution in [0.5, 0.6) is 11.5 Å². The Morgan fingerprint density at radius 3 is 2.79 bits per heavy atom. The van der Waals surface area contributed by atoms with Crippen molar-refractivity contribution in [1.29, 1.82) is 0 Å². The fourth-order valence-electron chi connectivity index (χ4n) is 2.20. The number of hydrogen-bond donors (Lipinski definition) is 1. The Labute approximate surface area is 143 Å². The lowest BCUT2D eigenvalue weighted by atomic mass is 10.2. The lowest BCUT2D eigenvalue weighted by molar-refractivity contribution is -0.111. The third-order valence-electron chi connectivity index (χ3n) is 3.38. The van der Waals surface area contributed by atoms with E-state index in [1.165, 1.54) is 17.4 Å². The van der Waals surface area contributed by atoms with Crippen LogP contribution < -0.4 is 14.8 Å². The second-order valence-electron chi connectivity index (χ2n) is 4.92. The Bertz CT molecular complexity index is 902. The van der Waals surface area contributed by atoms with Gasteiger partial charge in [0.05, 0.1) is 24.4 Å². The van der Waals surface area contributed by atoms with E-state index >= 15 is 0 Å². The predicted octanol–water partition coefficient (Wildman–Crippen LogP) is 3.97. The maximum absolute atomic E-state index is 12.1. The van der Waals surface area contributed by atoms with Gasteiger partial charge >= 0.3 is 0 Å². The summed E-state index contributed by atoms with van der Waals surface area (Å²) in [6, 6.07) is 13.1. The molecule has 3 rings (SSSR count). The molecule has 0 spiro atoms. The first kappa shape index (κ1) is 16.0. The fourth-order valence-corrected chi connectivity index (χ4v) is 3.10. The van der Waals surface area contributed by atoms with Crippen molar-refractivity contribution in [1.82, 2.24) is 4.98 Å². The highest BCUT2D eigenvalue weighted by atomic mass is 32.1. The fraction of sp³-hybridized carbons (Fsp3) is 0.111. The molecule has 0 atom stereocenters. The van der Waals surface area contributed by atoms with Gasteiger partial charge in [0.25, 0.3) is 0 Å². The highest BCUT2D eigenvalue weighted by Gasteiger charge is 2.07. The minimum absolute atomic E-state index is 0.244. The number of rotatable bonds is 5. The molecule has 0 aliphatic heterocycles. The number of carbonyl (C=O) groups is 1. The number of benzene rings is 2. The van der Waals surface area contributed by atoms with Crippen LogP contribution in [0.1, 0.15) is 5.56 Å². The van der Waals surface area contributed by atoms with Gasteiger partial charge in [-0.1, -0.05) is 29.5 Å². The number of anilines is 1. The van der Waals surface area contributed by atoms with E-state index < -0.39 is 0 Å². The number of aromatic nitrogens is 1. The third-order valence-corrected chi connectivity index (χ3v) is 4.31. The van der Waals surface area contributed by atoms with Crippen molar-refractivity contribution >= 4 is 38.7 Å². The molecule has 24 heavy (non-hydrogen) atoms. The first-order chi connectivity index (χ1) is 11.7. The van der Waals surface area contributed by atoms with E-state index in [1.54, 1.807) is 20.3 Å². The monoisotopic (exact) mass is 340 g/mol. The second-order valence-corrected chi connectivity index (χ2v) is 5.95. The van der Waals surface area contributed by atoms with E-state index in [9.17, 15) is 4.79 Å². The van der Waals surface area contributed by atoms with Crippen LogP contribution in [0.3, 0.4) is 0 Å². The van der Waals surface area contributed by atoms with Gasteiger partial charge in [-0.15, -0.1) is 0 Å². The van der Waals surface area contributed by atoms with Crippen molar-refractivity contribution in [2.24, 2.45) is 0 Å². The van der Waals surface area contributed by atoms with Crippen molar-refractivity contribution in [3.05, 3.63) is 54.1 Å². The van der Waals surface area contributed by atoms with E-state index in [2.05, 4.69) is 10.3 Å². The Balaban J connectivity index is 1.73. The SMILES string of the molecule is COc1ccc2nc(NC(=O)C=Cc3ccccc3OC)sc2c1. The first-order valence-corrected chi connectivity index (χ1v) is 8.08. The zero-order valence-corrected chi connectivity index (χ0v) is 14.1. The number of nitrogens with zero attached hydrogens (tertiary/aromatic N) is 1. The Hall–Kier alpha value is -2.86. The average Bonchev–Trinajstić information content (AvgIpc) is 3.01. The van der Waals surface area contributed by atoms with Crippen LogP contribution in [0.15, 0.2) is 48.5 Å². The number of amides is 1. The quantitative estimate of drug-likeness (QED) is 0.714. The van der Waals surface area contributed by atoms with Gasteiger partial charge in [0.1, 0.15) is 11.5 Å². The van der Waals surface area contributed by atoms with Crippen LogP contribution in [0.25, 0.3) is 16.3 Å². The van der Waals surface area contributed by atoms with E-state index in [0.29, 0.717) is 10.9 Å². The van der Waals surface area contributed by atoms with E-state index in [4.69, 9.17) is 9.47 Å². The summed E-state index contributed by atoms with van der Waals surface area (Å²) in [7, 11) is 3.22. The molecule has 0 unspecified atom stereocenters. The molecule has 0 radical (unpaired) electrons. The molecule has 0 aliphatic carbocycles. The van der Waals surface area contributed by atoms with Crippen molar-refractivity contribution in [2.45, 2.75) is 0 Å². The summed E-state index contributed by atoms with van der Waals surface area (Å²) in [5, 5.41) is 3.33. The number of hydrogen-bond acceptors (Lipinski definition) is 5. The molecular weight excluding hydrogens is 324 g/mol. The van der Waals surface area contributed by atoms with Gasteiger partial charge in [0.2, 0.25) is 5.91 Å². The number of ether oxygens (including phenoxy) is 2. The summed E-state index contributed by atoms with van der Waals surface area (Å²) in [5.41, 5.74) is 1.66. The largest absolute Gasteiger partial charge is 0.497 e. The zero-order valence-electron chi connectivity index (χ0n) is 13.3. The second kappa shape index (κ2) is 7.14. The van der Waals surface area contributed by atoms with Crippen LogP contribution in [-0.2, 0) is 4.79 Å². The number of para-hydroxylation sites is 1. The number of thiazole rings is 1. The van der Waals surface area contributed by atoms with Gasteiger partial charge in [-0.3, -0.25) is 10.1 Å². The molecule has 1 amide bonds. The van der Waals surface area contributed by atoms with Crippen LogP contribution in [0.4, 0.5) is 5.13 Å². The van der Waals surface area contributed by atoms with Gasteiger partial charge in [0.15, 0.2) is 5.13 Å². The molecule has 2 aromatic carbocycles. The summed E-state index contributed by atoms with van der Waals surface area (Å²) in [6.45, 7) is 0. The average molecular weight is 340 g/mol. The van der Waals surface area contributed by atoms with Crippen LogP contribution in [0, 0.1) is 0 Å². The van der Waals surface area contributed by atoms with Crippen molar-refractivity contribution in [3.8, 4) is 11.5 Å². The maximum atomic E-state index is 12.1. The molecule has 0 aliphatic rings. The van der Waals surface area contributed by atoms with Gasteiger partial charge in [-0.2, -0.15) is 0 Å². The molecule has 1 N–H and O–H groups in total. The maximum Gasteiger partial charge on any atom is 0.250 e. The minimum Gasteiger partial charge on any atom is -0.497 e. The van der Waals surface area contributed by atoms with Gasteiger partial charge < -0.3 is 9.47 Å². The van der Waals surface area contributed by atoms with Crippen molar-refractivity contribution in [3.63, 3.8) is 0 Å². The number of methoxy groups -OCH3 is 2. The standard InChI is InChI=1S/C18H16N2O3S/c1-22-13-8-9-14-16(11-13)24-18(19-14)20-17(21)10-7-12-5-3-4-6-15(12)23-2/h3-11H,1-2H3,(H,19,20,21). The third kappa shape index (κ3) is 3.55. The lowest BCUT2D eigenvalue weighted by Crippen LogP contribution is -2.07. The molecule has 1 aromatic heterocycles. The molecule has 3 aromatic rings. The molecule has 1 heterocycles. The molecule has 0 bridgehead atoms. The number of nitrogens with one attached hydrogen (secondary N) is 1. The highest BCUT2D eigenvalue weighted by molar-refractivity contribution is 7.22. The van der Waals surface area contributed by atoms with Crippen molar-refractivity contribution < 1.29 is 14.3 Å². The van der Waals surface area contributed by atoms with Crippen molar-refractivity contribution in [2.75, 3.05) is 19.5 Å². The number of fused-ring (bicyclic) bond motifs is 1. The van der Waals surface area contributed by atoms with Crippen LogP contribution in [0.2, 0.25) is 0 Å². The predicted molar refractivity (Wildman–Crippen MR) is 96.8 cm³/mol. The van der Waals surface area contributed by atoms with Crippen LogP contribution in [-0.4, -0.2) is 25.1 Å². The highest BCUT2D eigenvalue weighted by Crippen LogP contribution is 2.29. The minimum atomic E-state index is -0.244. The van der Waals surface area contributed by atoms with Gasteiger partial charge in [0, 0.05) is 11.6 Å². The Morgan fingerprint density at radius 2 is 2.00 bits per heavy atom. The molecule has 5 nitrogen and oxygen atoms in total. The zero-order chi connectivity index (χ0) is 16.9. The van der Waals surface area contributed by atoms with E-state index in [1.807, 2.05) is 42.5 Å². The summed E-state index contributed by atoms with van der Waals surface area (Å²) in [4.78, 5) is 16.5. The summed E-state index contributed by atoms with van der Waals surface area (Å²) >= 11 is 1.40. The van der Waals surface area contributed by atoms with E-state index in [-0.39, 0.29) is 5.91 Å². The van der Waals surface area contributed by atoms with Gasteiger partial charge in [-0.25, -0.2) is 4.98 Å². The molecule has 0 saturated carbocycles. The molecule has 0 fully saturated rings. The lowest BCUT2D eigenvalue weighted by Gasteiger charge is -2.03. The van der Waals surface area contributed by atoms with E-state index in [0.717, 1.165) is 21.5 Å². The summed E-state index contributed by atoms with van der Waals surface area (Å²) in [6.07, 6.45) is 3.18. The smallest absolute Gasteiger partial charge is 0.250 e. The molecule has 0 saturated heterocycles. The molecular formula is C18H16N2O3S. The molecule has 6 heteroatoms. The Morgan fingerprint density at radius 1 is 1.17 bits per heavy atom. The summed E-state index contributed by atoms with van der Waals surface area (Å²) < 4.78 is 11.4. The topological polar surface area (TPSA) is 60.5 Å². The molecule has 122 valence electrons. The summed E-state index contributed by atoms with van der Waals surface area (Å²) in [5.74, 6) is 1.24.